The van der Waals surface area contributed by atoms with Crippen LogP contribution in [0.1, 0.15) is 15.9 Å². The lowest BCUT2D eigenvalue weighted by atomic mass is 10.1. The van der Waals surface area contributed by atoms with Gasteiger partial charge in [-0.15, -0.1) is 11.3 Å². The molecule has 1 aromatic heterocycles. The number of primary amides is 1. The van der Waals surface area contributed by atoms with Crippen LogP contribution in [0.4, 0.5) is 0 Å². The molecular formula is C10H9NOS. The van der Waals surface area contributed by atoms with Crippen molar-refractivity contribution in [3.63, 3.8) is 0 Å². The van der Waals surface area contributed by atoms with Crippen molar-refractivity contribution < 1.29 is 4.79 Å². The Balaban J connectivity index is 2.86. The molecule has 66 valence electrons. The Morgan fingerprint density at radius 2 is 2.15 bits per heavy atom. The monoisotopic (exact) mass is 191 g/mol. The highest BCUT2D eigenvalue weighted by molar-refractivity contribution is 7.17. The highest BCUT2D eigenvalue weighted by Crippen LogP contribution is 2.27. The number of hydrogen-bond acceptors (Lipinski definition) is 2. The second-order valence-corrected chi connectivity index (χ2v) is 3.87. The van der Waals surface area contributed by atoms with Gasteiger partial charge in [0.25, 0.3) is 0 Å². The Bertz CT molecular complexity index is 473. The zero-order valence-corrected chi connectivity index (χ0v) is 8.02. The van der Waals surface area contributed by atoms with Crippen LogP contribution >= 0.6 is 11.3 Å². The lowest BCUT2D eigenvalue weighted by Crippen LogP contribution is -2.10. The van der Waals surface area contributed by atoms with Gasteiger partial charge < -0.3 is 5.73 Å². The van der Waals surface area contributed by atoms with Crippen LogP contribution in [0.5, 0.6) is 0 Å². The molecule has 0 saturated heterocycles. The van der Waals surface area contributed by atoms with Gasteiger partial charge in [0.15, 0.2) is 0 Å². The van der Waals surface area contributed by atoms with Crippen LogP contribution in [0.2, 0.25) is 0 Å². The Morgan fingerprint density at radius 1 is 1.38 bits per heavy atom. The maximum Gasteiger partial charge on any atom is 0.249 e. The van der Waals surface area contributed by atoms with E-state index in [1.54, 1.807) is 17.4 Å². The zero-order valence-electron chi connectivity index (χ0n) is 7.20. The third-order valence-corrected chi connectivity index (χ3v) is 3.13. The van der Waals surface area contributed by atoms with Gasteiger partial charge in [-0.3, -0.25) is 4.79 Å². The largest absolute Gasteiger partial charge is 0.366 e. The van der Waals surface area contributed by atoms with E-state index in [0.29, 0.717) is 5.56 Å². The Morgan fingerprint density at radius 3 is 2.85 bits per heavy atom. The second kappa shape index (κ2) is 2.85. The van der Waals surface area contributed by atoms with Gasteiger partial charge in [0.2, 0.25) is 5.91 Å². The molecule has 0 aliphatic heterocycles. The van der Waals surface area contributed by atoms with Crippen molar-refractivity contribution >= 4 is 27.3 Å². The number of aryl methyl sites for hydroxylation is 1. The van der Waals surface area contributed by atoms with Crippen LogP contribution in [0.25, 0.3) is 10.1 Å². The Hall–Kier alpha value is -1.35. The van der Waals surface area contributed by atoms with Crippen LogP contribution in [0.3, 0.4) is 0 Å². The van der Waals surface area contributed by atoms with Gasteiger partial charge in [-0.2, -0.15) is 0 Å². The summed E-state index contributed by atoms with van der Waals surface area (Å²) >= 11 is 1.64. The van der Waals surface area contributed by atoms with Gasteiger partial charge in [0.1, 0.15) is 0 Å². The van der Waals surface area contributed by atoms with E-state index in [-0.39, 0.29) is 5.91 Å². The number of amides is 1. The third kappa shape index (κ3) is 1.21. The van der Waals surface area contributed by atoms with Crippen LogP contribution in [-0.4, -0.2) is 5.91 Å². The standard InChI is InChI=1S/C10H9NOS/c1-6-2-3-8(10(11)12)7-4-5-13-9(6)7/h2-5H,1H3,(H2,11,12). The molecule has 0 radical (unpaired) electrons. The van der Waals surface area contributed by atoms with Crippen LogP contribution < -0.4 is 5.73 Å². The maximum atomic E-state index is 11.1. The molecule has 0 atom stereocenters. The topological polar surface area (TPSA) is 43.1 Å². The molecule has 1 aromatic carbocycles. The van der Waals surface area contributed by atoms with Gasteiger partial charge in [-0.1, -0.05) is 6.07 Å². The summed E-state index contributed by atoms with van der Waals surface area (Å²) in [5.41, 5.74) is 7.06. The van der Waals surface area contributed by atoms with Gasteiger partial charge in [-0.25, -0.2) is 0 Å². The predicted molar refractivity (Wildman–Crippen MR) is 55.1 cm³/mol. The summed E-state index contributed by atoms with van der Waals surface area (Å²) in [5, 5.41) is 2.95. The predicted octanol–water partition coefficient (Wildman–Crippen LogP) is 2.31. The van der Waals surface area contributed by atoms with Crippen molar-refractivity contribution in [2.75, 3.05) is 0 Å². The van der Waals surface area contributed by atoms with E-state index in [1.165, 1.54) is 5.56 Å². The lowest BCUT2D eigenvalue weighted by molar-refractivity contribution is 0.100. The molecule has 1 heterocycles. The molecule has 3 heteroatoms. The Labute approximate surface area is 80.0 Å². The van der Waals surface area contributed by atoms with Crippen LogP contribution in [-0.2, 0) is 0 Å². The van der Waals surface area contributed by atoms with Crippen molar-refractivity contribution in [1.29, 1.82) is 0 Å². The molecule has 13 heavy (non-hydrogen) atoms. The summed E-state index contributed by atoms with van der Waals surface area (Å²) in [4.78, 5) is 11.1. The van der Waals surface area contributed by atoms with E-state index in [1.807, 2.05) is 24.4 Å². The minimum Gasteiger partial charge on any atom is -0.366 e. The van der Waals surface area contributed by atoms with Gasteiger partial charge in [0, 0.05) is 15.6 Å². The normalized spacial score (nSPS) is 10.5. The molecule has 0 fully saturated rings. The van der Waals surface area contributed by atoms with Crippen molar-refractivity contribution in [2.24, 2.45) is 5.73 Å². The average molecular weight is 191 g/mol. The molecular weight excluding hydrogens is 182 g/mol. The number of benzene rings is 1. The van der Waals surface area contributed by atoms with E-state index >= 15 is 0 Å². The minimum atomic E-state index is -0.358. The third-order valence-electron chi connectivity index (χ3n) is 2.08. The molecule has 2 aromatic rings. The number of fused-ring (bicyclic) bond motifs is 1. The molecule has 1 amide bonds. The fourth-order valence-electron chi connectivity index (χ4n) is 1.42. The highest BCUT2D eigenvalue weighted by atomic mass is 32.1. The van der Waals surface area contributed by atoms with Gasteiger partial charge >= 0.3 is 0 Å². The van der Waals surface area contributed by atoms with E-state index in [4.69, 9.17) is 5.73 Å². The van der Waals surface area contributed by atoms with Crippen molar-refractivity contribution in [3.8, 4) is 0 Å². The van der Waals surface area contributed by atoms with E-state index in [9.17, 15) is 4.79 Å². The molecule has 0 spiro atoms. The van der Waals surface area contributed by atoms with E-state index in [0.717, 1.165) is 10.1 Å². The minimum absolute atomic E-state index is 0.358. The first-order chi connectivity index (χ1) is 6.20. The molecule has 0 saturated carbocycles. The number of hydrogen-bond donors (Lipinski definition) is 1. The number of carbonyl (C=O) groups excluding carboxylic acids is 1. The highest BCUT2D eigenvalue weighted by Gasteiger charge is 2.08. The summed E-state index contributed by atoms with van der Waals surface area (Å²) in [6, 6.07) is 5.65. The first-order valence-electron chi connectivity index (χ1n) is 3.97. The van der Waals surface area contributed by atoms with Crippen LogP contribution in [0.15, 0.2) is 23.6 Å². The number of nitrogens with two attached hydrogens (primary N) is 1. The smallest absolute Gasteiger partial charge is 0.249 e. The van der Waals surface area contributed by atoms with Gasteiger partial charge in [0.05, 0.1) is 0 Å². The van der Waals surface area contributed by atoms with Gasteiger partial charge in [-0.05, 0) is 30.0 Å². The van der Waals surface area contributed by atoms with Crippen molar-refractivity contribution in [3.05, 3.63) is 34.7 Å². The molecule has 2 rings (SSSR count). The Kier molecular flexibility index (Phi) is 1.81. The summed E-state index contributed by atoms with van der Waals surface area (Å²) in [5.74, 6) is -0.358. The quantitative estimate of drug-likeness (QED) is 0.738. The van der Waals surface area contributed by atoms with Crippen LogP contribution in [0, 0.1) is 6.92 Å². The van der Waals surface area contributed by atoms with Crippen molar-refractivity contribution in [2.45, 2.75) is 6.92 Å². The molecule has 0 aliphatic rings. The number of carbonyl (C=O) groups is 1. The molecule has 0 unspecified atom stereocenters. The molecule has 0 aliphatic carbocycles. The zero-order chi connectivity index (χ0) is 9.42. The van der Waals surface area contributed by atoms with E-state index in [2.05, 4.69) is 0 Å². The fourth-order valence-corrected chi connectivity index (χ4v) is 2.31. The summed E-state index contributed by atoms with van der Waals surface area (Å²) in [7, 11) is 0. The fraction of sp³-hybridized carbons (Fsp3) is 0.100. The molecule has 2 N–H and O–H groups in total. The maximum absolute atomic E-state index is 11.1. The SMILES string of the molecule is Cc1ccc(C(N)=O)c2ccsc12. The summed E-state index contributed by atoms with van der Waals surface area (Å²) < 4.78 is 1.15. The molecule has 2 nitrogen and oxygen atoms in total. The average Bonchev–Trinajstić information content (AvgIpc) is 2.53. The number of thiophene rings is 1. The summed E-state index contributed by atoms with van der Waals surface area (Å²) in [6.45, 7) is 2.03. The van der Waals surface area contributed by atoms with E-state index < -0.39 is 0 Å². The molecule has 0 bridgehead atoms. The summed E-state index contributed by atoms with van der Waals surface area (Å²) in [6.07, 6.45) is 0. The second-order valence-electron chi connectivity index (χ2n) is 2.96. The van der Waals surface area contributed by atoms with Crippen molar-refractivity contribution in [1.82, 2.24) is 0 Å². The number of rotatable bonds is 1. The lowest BCUT2D eigenvalue weighted by Gasteiger charge is -2.00. The first-order valence-corrected chi connectivity index (χ1v) is 4.84. The first kappa shape index (κ1) is 8.26.